The zero-order valence-electron chi connectivity index (χ0n) is 13.6. The molecule has 0 fully saturated rings. The van der Waals surface area contributed by atoms with Gasteiger partial charge in [-0.2, -0.15) is 0 Å². The zero-order valence-corrected chi connectivity index (χ0v) is 13.6. The van der Waals surface area contributed by atoms with Gasteiger partial charge in [-0.15, -0.1) is 0 Å². The highest BCUT2D eigenvalue weighted by Gasteiger charge is 2.18. The molecule has 0 aliphatic rings. The summed E-state index contributed by atoms with van der Waals surface area (Å²) in [5.41, 5.74) is 1.87. The molecule has 1 N–H and O–H groups in total. The Morgan fingerprint density at radius 1 is 1.25 bits per heavy atom. The summed E-state index contributed by atoms with van der Waals surface area (Å²) in [5, 5.41) is 2.76. The van der Waals surface area contributed by atoms with Crippen molar-refractivity contribution in [1.29, 1.82) is 0 Å². The summed E-state index contributed by atoms with van der Waals surface area (Å²) in [6.45, 7) is 2.57. The summed E-state index contributed by atoms with van der Waals surface area (Å²) in [5.74, 6) is 0. The quantitative estimate of drug-likeness (QED) is 0.734. The normalized spacial score (nSPS) is 10.9. The van der Waals surface area contributed by atoms with Gasteiger partial charge in [-0.3, -0.25) is 4.57 Å². The molecular weight excluding hydrogens is 308 g/mol. The second-order valence-corrected chi connectivity index (χ2v) is 5.43. The van der Waals surface area contributed by atoms with Crippen LogP contribution in [0.5, 0.6) is 0 Å². The van der Waals surface area contributed by atoms with Crippen LogP contribution in [0.2, 0.25) is 0 Å². The second-order valence-electron chi connectivity index (χ2n) is 5.43. The molecule has 0 spiro atoms. The Labute approximate surface area is 138 Å². The lowest BCUT2D eigenvalue weighted by Crippen LogP contribution is -2.36. The first kappa shape index (κ1) is 15.9. The molecule has 124 valence electrons. The van der Waals surface area contributed by atoms with Crippen LogP contribution in [-0.2, 0) is 7.05 Å². The largest absolute Gasteiger partial charge is 0.338 e. The number of hydrogen-bond acceptors (Lipinski definition) is 5. The fraction of sp³-hybridized carbons (Fsp3) is 0.312. The maximum Gasteiger partial charge on any atom is 0.338 e. The molecule has 8 nitrogen and oxygen atoms in total. The average molecular weight is 326 g/mol. The van der Waals surface area contributed by atoms with E-state index in [1.807, 2.05) is 6.92 Å². The van der Waals surface area contributed by atoms with Crippen LogP contribution in [0.1, 0.15) is 19.8 Å². The van der Waals surface area contributed by atoms with Gasteiger partial charge in [-0.05, 0) is 18.6 Å². The van der Waals surface area contributed by atoms with Crippen LogP contribution >= 0.6 is 0 Å². The molecular formula is C16H18N6O2. The summed E-state index contributed by atoms with van der Waals surface area (Å²) >= 11 is 0. The standard InChI is InChI=1S/C16H18N6O2/c1-3-4-7-19-15(23)22-13-6-5-12(11-8-17-10-18-9-11)20-14(13)21(2)16(22)24/h5-6,8-10H,3-4,7H2,1-2H3,(H,19,23). The van der Waals surface area contributed by atoms with Crippen molar-refractivity contribution in [1.82, 2.24) is 29.4 Å². The Balaban J connectivity index is 2.05. The Bertz CT molecular complexity index is 929. The average Bonchev–Trinajstić information content (AvgIpc) is 2.86. The molecule has 0 aliphatic carbocycles. The van der Waals surface area contributed by atoms with Crippen LogP contribution in [0.15, 0.2) is 35.6 Å². The molecule has 0 atom stereocenters. The number of pyridine rings is 1. The molecule has 0 aliphatic heterocycles. The van der Waals surface area contributed by atoms with Gasteiger partial charge in [-0.25, -0.2) is 29.1 Å². The van der Waals surface area contributed by atoms with Crippen LogP contribution in [0.4, 0.5) is 4.79 Å². The van der Waals surface area contributed by atoms with Crippen LogP contribution in [0.3, 0.4) is 0 Å². The molecule has 0 radical (unpaired) electrons. The van der Waals surface area contributed by atoms with Crippen molar-refractivity contribution >= 4 is 17.2 Å². The smallest absolute Gasteiger partial charge is 0.337 e. The van der Waals surface area contributed by atoms with Crippen molar-refractivity contribution in [2.75, 3.05) is 6.54 Å². The first-order valence-corrected chi connectivity index (χ1v) is 7.75. The number of unbranched alkanes of at least 4 members (excludes halogenated alkanes) is 1. The predicted molar refractivity (Wildman–Crippen MR) is 89.7 cm³/mol. The molecule has 3 aromatic rings. The van der Waals surface area contributed by atoms with Crippen LogP contribution in [-0.4, -0.2) is 36.7 Å². The molecule has 0 saturated heterocycles. The van der Waals surface area contributed by atoms with E-state index in [9.17, 15) is 9.59 Å². The van der Waals surface area contributed by atoms with E-state index < -0.39 is 11.7 Å². The third-order valence-corrected chi connectivity index (χ3v) is 3.76. The van der Waals surface area contributed by atoms with E-state index in [0.717, 1.165) is 23.0 Å². The number of nitrogens with zero attached hydrogens (tertiary/aromatic N) is 5. The molecule has 0 aromatic carbocycles. The van der Waals surface area contributed by atoms with Gasteiger partial charge in [0.1, 0.15) is 6.33 Å². The highest BCUT2D eigenvalue weighted by Crippen LogP contribution is 2.18. The first-order chi connectivity index (χ1) is 11.6. The molecule has 3 aromatic heterocycles. The van der Waals surface area contributed by atoms with E-state index in [1.54, 1.807) is 31.6 Å². The number of carbonyl (C=O) groups is 1. The van der Waals surface area contributed by atoms with Gasteiger partial charge in [-0.1, -0.05) is 13.3 Å². The van der Waals surface area contributed by atoms with E-state index in [-0.39, 0.29) is 0 Å². The lowest BCUT2D eigenvalue weighted by molar-refractivity contribution is 0.242. The summed E-state index contributed by atoms with van der Waals surface area (Å²) in [6.07, 6.45) is 6.56. The van der Waals surface area contributed by atoms with Crippen LogP contribution < -0.4 is 11.0 Å². The third kappa shape index (κ3) is 2.78. The van der Waals surface area contributed by atoms with Crippen molar-refractivity contribution in [3.63, 3.8) is 0 Å². The summed E-state index contributed by atoms with van der Waals surface area (Å²) in [6, 6.07) is 3.03. The van der Waals surface area contributed by atoms with E-state index in [0.29, 0.717) is 23.4 Å². The molecule has 8 heteroatoms. The minimum Gasteiger partial charge on any atom is -0.337 e. The fourth-order valence-electron chi connectivity index (χ4n) is 2.45. The van der Waals surface area contributed by atoms with Crippen LogP contribution in [0, 0.1) is 0 Å². The van der Waals surface area contributed by atoms with Crippen molar-refractivity contribution in [3.8, 4) is 11.3 Å². The Kier molecular flexibility index (Phi) is 4.37. The number of rotatable bonds is 4. The number of nitrogens with one attached hydrogen (secondary N) is 1. The van der Waals surface area contributed by atoms with Crippen molar-refractivity contribution in [2.45, 2.75) is 19.8 Å². The van der Waals surface area contributed by atoms with Crippen molar-refractivity contribution in [3.05, 3.63) is 41.3 Å². The van der Waals surface area contributed by atoms with Gasteiger partial charge in [0, 0.05) is 31.5 Å². The number of imidazole rings is 1. The Morgan fingerprint density at radius 2 is 2.00 bits per heavy atom. The number of hydrogen-bond donors (Lipinski definition) is 1. The monoisotopic (exact) mass is 326 g/mol. The van der Waals surface area contributed by atoms with Gasteiger partial charge in [0.15, 0.2) is 5.65 Å². The number of carbonyl (C=O) groups excluding carboxylic acids is 1. The molecule has 0 bridgehead atoms. The molecule has 0 saturated carbocycles. The minimum atomic E-state index is -0.434. The maximum absolute atomic E-state index is 12.4. The van der Waals surface area contributed by atoms with Gasteiger partial charge >= 0.3 is 11.7 Å². The molecule has 3 heterocycles. The first-order valence-electron chi connectivity index (χ1n) is 7.75. The maximum atomic E-state index is 12.4. The van der Waals surface area contributed by atoms with E-state index in [4.69, 9.17) is 0 Å². The highest BCUT2D eigenvalue weighted by atomic mass is 16.2. The third-order valence-electron chi connectivity index (χ3n) is 3.76. The highest BCUT2D eigenvalue weighted by molar-refractivity contribution is 5.88. The van der Waals surface area contributed by atoms with Gasteiger partial charge in [0.05, 0.1) is 11.2 Å². The van der Waals surface area contributed by atoms with E-state index in [2.05, 4.69) is 20.3 Å². The van der Waals surface area contributed by atoms with Crippen molar-refractivity contribution < 1.29 is 4.79 Å². The molecule has 24 heavy (non-hydrogen) atoms. The second kappa shape index (κ2) is 6.61. The van der Waals surface area contributed by atoms with Gasteiger partial charge in [0.25, 0.3) is 0 Å². The van der Waals surface area contributed by atoms with Gasteiger partial charge in [0.2, 0.25) is 0 Å². The van der Waals surface area contributed by atoms with Crippen LogP contribution in [0.25, 0.3) is 22.4 Å². The summed E-state index contributed by atoms with van der Waals surface area (Å²) in [7, 11) is 1.60. The zero-order chi connectivity index (χ0) is 17.1. The minimum absolute atomic E-state index is 0.423. The topological polar surface area (TPSA) is 94.7 Å². The summed E-state index contributed by atoms with van der Waals surface area (Å²) < 4.78 is 2.48. The SMILES string of the molecule is CCCCNC(=O)n1c(=O)n(C)c2nc(-c3cncnc3)ccc21. The summed E-state index contributed by atoms with van der Waals surface area (Å²) in [4.78, 5) is 37.1. The lowest BCUT2D eigenvalue weighted by Gasteiger charge is -2.05. The number of amides is 1. The van der Waals surface area contributed by atoms with E-state index >= 15 is 0 Å². The predicted octanol–water partition coefficient (Wildman–Crippen LogP) is 1.55. The van der Waals surface area contributed by atoms with E-state index in [1.165, 1.54) is 10.9 Å². The lowest BCUT2D eigenvalue weighted by atomic mass is 10.2. The van der Waals surface area contributed by atoms with Crippen molar-refractivity contribution in [2.24, 2.45) is 7.05 Å². The fourth-order valence-corrected chi connectivity index (χ4v) is 2.45. The number of fused-ring (bicyclic) bond motifs is 1. The Morgan fingerprint density at radius 3 is 2.71 bits per heavy atom. The molecule has 1 amide bonds. The van der Waals surface area contributed by atoms with Gasteiger partial charge < -0.3 is 5.32 Å². The number of aromatic nitrogens is 5. The number of aryl methyl sites for hydroxylation is 1. The molecule has 3 rings (SSSR count). The Hall–Kier alpha value is -3.03. The molecule has 0 unspecified atom stereocenters.